The van der Waals surface area contributed by atoms with Gasteiger partial charge >= 0.3 is 6.03 Å². The van der Waals surface area contributed by atoms with Crippen LogP contribution in [0.4, 0.5) is 10.5 Å². The Morgan fingerprint density at radius 1 is 0.872 bits per heavy atom. The third-order valence-corrected chi connectivity index (χ3v) is 16.8. The van der Waals surface area contributed by atoms with E-state index < -0.39 is 114 Å². The van der Waals surface area contributed by atoms with Crippen LogP contribution in [0.5, 0.6) is 0 Å². The maximum Gasteiger partial charge on any atom is 0.312 e. The molecule has 4 rings (SSSR count). The second-order valence-electron chi connectivity index (χ2n) is 23.9. The van der Waals surface area contributed by atoms with Crippen LogP contribution in [0.3, 0.4) is 0 Å². The molecular weight excluding hydrogens is 1110 g/mol. The molecule has 2 fully saturated rings. The van der Waals surface area contributed by atoms with Gasteiger partial charge in [0.1, 0.15) is 18.1 Å². The third-order valence-electron chi connectivity index (χ3n) is 16.8. The summed E-state index contributed by atoms with van der Waals surface area (Å²) in [5, 5.41) is 30.8. The van der Waals surface area contributed by atoms with Crippen LogP contribution in [0.15, 0.2) is 36.4 Å². The Morgan fingerprint density at radius 2 is 1.56 bits per heavy atom. The Labute approximate surface area is 507 Å². The van der Waals surface area contributed by atoms with Crippen LogP contribution in [-0.4, -0.2) is 200 Å². The lowest BCUT2D eigenvalue weighted by molar-refractivity contribution is -0.147. The number of carbonyl (C=O) groups is 10. The minimum absolute atomic E-state index is 0.0105. The topological polar surface area (TPSA) is 339 Å². The Balaban J connectivity index is 1.39. The highest BCUT2D eigenvalue weighted by Gasteiger charge is 2.44. The predicted octanol–water partition coefficient (Wildman–Crippen LogP) is 1.89. The molecule has 3 aliphatic heterocycles. The molecule has 0 radical (unpaired) electrons. The second-order valence-corrected chi connectivity index (χ2v) is 23.9. The smallest absolute Gasteiger partial charge is 0.312 e. The number of ether oxygens (including phenoxy) is 3. The molecule has 0 spiro atoms. The number of aliphatic hydroxyl groups is 1. The first-order chi connectivity index (χ1) is 40.8. The van der Waals surface area contributed by atoms with E-state index in [0.717, 1.165) is 29.9 Å². The normalized spacial score (nSPS) is 20.8. The van der Waals surface area contributed by atoms with Crippen LogP contribution in [0.1, 0.15) is 126 Å². The summed E-state index contributed by atoms with van der Waals surface area (Å²) < 4.78 is 17.6. The molecule has 86 heavy (non-hydrogen) atoms. The molecule has 0 bridgehead atoms. The number of aliphatic hydroxyl groups excluding tert-OH is 1. The average Bonchev–Trinajstić information content (AvgIpc) is 2.16. The Hall–Kier alpha value is -6.54. The summed E-state index contributed by atoms with van der Waals surface area (Å²) in [6, 6.07) is 1.03. The van der Waals surface area contributed by atoms with Gasteiger partial charge in [-0.15, -0.1) is 0 Å². The van der Waals surface area contributed by atoms with E-state index in [1.807, 2.05) is 34.6 Å². The zero-order valence-electron chi connectivity index (χ0n) is 52.6. The molecule has 482 valence electrons. The third kappa shape index (κ3) is 20.8. The second kappa shape index (κ2) is 35.3. The summed E-state index contributed by atoms with van der Waals surface area (Å²) in [6.07, 6.45) is 4.83. The Bertz CT molecular complexity index is 2480. The number of hydrogen-bond donors (Lipinski definition) is 9. The van der Waals surface area contributed by atoms with Gasteiger partial charge in [-0.3, -0.25) is 48.1 Å². The lowest BCUT2D eigenvalue weighted by atomic mass is 9.89. The van der Waals surface area contributed by atoms with Gasteiger partial charge in [-0.2, -0.15) is 0 Å². The molecule has 13 unspecified atom stereocenters. The number of benzene rings is 1. The summed E-state index contributed by atoms with van der Waals surface area (Å²) in [7, 11) is 4.73. The fourth-order valence-electron chi connectivity index (χ4n) is 11.7. The van der Waals surface area contributed by atoms with E-state index in [4.69, 9.17) is 19.9 Å². The monoisotopic (exact) mass is 1210 g/mol. The number of imide groups is 1. The summed E-state index contributed by atoms with van der Waals surface area (Å²) in [5.41, 5.74) is 6.23. The van der Waals surface area contributed by atoms with Gasteiger partial charge in [-0.1, -0.05) is 80.9 Å². The van der Waals surface area contributed by atoms with E-state index in [2.05, 4.69) is 44.1 Å². The number of nitrogens with one attached hydrogen (secondary N) is 7. The van der Waals surface area contributed by atoms with Crippen LogP contribution >= 0.6 is 0 Å². The van der Waals surface area contributed by atoms with Gasteiger partial charge in [0.05, 0.1) is 75.1 Å². The molecule has 3 heterocycles. The van der Waals surface area contributed by atoms with Crippen molar-refractivity contribution in [3.8, 4) is 0 Å². The van der Waals surface area contributed by atoms with Gasteiger partial charge in [-0.05, 0) is 86.3 Å². The molecule has 3 aliphatic rings. The number of likely N-dealkylation sites (tertiary alicyclic amines) is 1. The predicted molar refractivity (Wildman–Crippen MR) is 322 cm³/mol. The molecule has 11 amide bonds. The Morgan fingerprint density at radius 3 is 2.15 bits per heavy atom. The lowest BCUT2D eigenvalue weighted by Crippen LogP contribution is -2.59. The van der Waals surface area contributed by atoms with E-state index in [1.165, 1.54) is 14.2 Å². The number of urea groups is 1. The number of hydrogen-bond acceptors (Lipinski definition) is 15. The van der Waals surface area contributed by atoms with Crippen LogP contribution in [-0.2, 0) is 63.8 Å². The molecule has 25 heteroatoms. The number of carbonyl (C=O) groups excluding carboxylic acids is 10. The van der Waals surface area contributed by atoms with E-state index in [0.29, 0.717) is 37.1 Å². The van der Waals surface area contributed by atoms with E-state index in [-0.39, 0.29) is 99.9 Å². The minimum atomic E-state index is -1.14. The zero-order chi connectivity index (χ0) is 63.9. The summed E-state index contributed by atoms with van der Waals surface area (Å²) >= 11 is 0. The van der Waals surface area contributed by atoms with E-state index >= 15 is 0 Å². The van der Waals surface area contributed by atoms with Gasteiger partial charge in [0.2, 0.25) is 41.4 Å². The first-order valence-electron chi connectivity index (χ1n) is 30.5. The lowest BCUT2D eigenvalue weighted by Gasteiger charge is -2.41. The highest BCUT2D eigenvalue weighted by atomic mass is 16.5. The van der Waals surface area contributed by atoms with Crippen molar-refractivity contribution in [2.75, 3.05) is 66.0 Å². The van der Waals surface area contributed by atoms with Crippen molar-refractivity contribution in [2.24, 2.45) is 35.3 Å². The molecule has 0 saturated carbocycles. The first-order valence-corrected chi connectivity index (χ1v) is 30.5. The zero-order valence-corrected chi connectivity index (χ0v) is 52.6. The van der Waals surface area contributed by atoms with Crippen LogP contribution in [0, 0.1) is 29.6 Å². The number of methoxy groups -OCH3 is 2. The SMILES string of the molecule is CCC1CC(C)C(C(=O)NC(C(=O)N(C)C(C(C)CC)C(CC(=O)N2CCCC2C(OC)C(C)C(=O)NC(CO)Cc2cccc(NC(=O)C(CCCNC(N)=O)NC(=O)C(NC(=O)CCOCCN3C(=O)C=CC3=O)C(C)C)c2)OC)C(C)C)N1. The first kappa shape index (κ1) is 71.9. The van der Waals surface area contributed by atoms with Crippen molar-refractivity contribution in [1.29, 1.82) is 0 Å². The van der Waals surface area contributed by atoms with Crippen molar-refractivity contribution >= 4 is 64.9 Å². The molecule has 0 aromatic heterocycles. The molecule has 10 N–H and O–H groups in total. The van der Waals surface area contributed by atoms with Crippen molar-refractivity contribution in [1.82, 2.24) is 46.6 Å². The number of rotatable bonds is 36. The van der Waals surface area contributed by atoms with E-state index in [9.17, 15) is 53.1 Å². The summed E-state index contributed by atoms with van der Waals surface area (Å²) in [5.74, 6) is -5.16. The van der Waals surface area contributed by atoms with E-state index in [1.54, 1.807) is 61.9 Å². The fraction of sp³-hybridized carbons (Fsp3) is 0.705. The fourth-order valence-corrected chi connectivity index (χ4v) is 11.7. The number of likely N-dealkylation sites (N-methyl/N-ethyl adjacent to an activating group) is 1. The molecule has 1 aromatic rings. The summed E-state index contributed by atoms with van der Waals surface area (Å²) in [6.45, 7) is 17.2. The number of primary amides is 1. The molecule has 0 aliphatic carbocycles. The van der Waals surface area contributed by atoms with Gasteiger partial charge < -0.3 is 72.1 Å². The summed E-state index contributed by atoms with van der Waals surface area (Å²) in [4.78, 5) is 137. The number of nitrogens with two attached hydrogens (primary N) is 1. The highest BCUT2D eigenvalue weighted by molar-refractivity contribution is 6.12. The van der Waals surface area contributed by atoms with Crippen molar-refractivity contribution < 1.29 is 67.3 Å². The quantitative estimate of drug-likeness (QED) is 0.0342. The highest BCUT2D eigenvalue weighted by Crippen LogP contribution is 2.30. The van der Waals surface area contributed by atoms with Crippen LogP contribution in [0.25, 0.3) is 0 Å². The molecule has 13 atom stereocenters. The van der Waals surface area contributed by atoms with Gasteiger partial charge in [-0.25, -0.2) is 4.79 Å². The van der Waals surface area contributed by atoms with Gasteiger partial charge in [0.25, 0.3) is 11.8 Å². The van der Waals surface area contributed by atoms with Crippen molar-refractivity contribution in [2.45, 2.75) is 187 Å². The molecule has 25 nitrogen and oxygen atoms in total. The maximum absolute atomic E-state index is 14.5. The number of anilines is 1. The van der Waals surface area contributed by atoms with Gasteiger partial charge in [0, 0.05) is 64.7 Å². The number of amides is 11. The minimum Gasteiger partial charge on any atom is -0.394 e. The molecule has 2 saturated heterocycles. The van der Waals surface area contributed by atoms with Crippen LogP contribution in [0.2, 0.25) is 0 Å². The van der Waals surface area contributed by atoms with Crippen LogP contribution < -0.4 is 43.0 Å². The molecule has 1 aromatic carbocycles. The van der Waals surface area contributed by atoms with Crippen molar-refractivity contribution in [3.63, 3.8) is 0 Å². The average molecular weight is 1210 g/mol. The van der Waals surface area contributed by atoms with Gasteiger partial charge in [0.15, 0.2) is 0 Å². The number of nitrogens with zero attached hydrogens (tertiary/aromatic N) is 3. The van der Waals surface area contributed by atoms with Crippen molar-refractivity contribution in [3.05, 3.63) is 42.0 Å². The largest absolute Gasteiger partial charge is 0.394 e. The Kier molecular flexibility index (Phi) is 29.5. The standard InChI is InChI=1S/C61H99N11O14/c1-13-37(7)54(70(10)60(82)52(36(5)6)69-59(81)53-38(8)30-41(14-2)64-53)46(84-11)33-50(77)71-26-17-21-45(71)55(85-12)39(9)56(78)66-43(34-73)32-40-18-15-19-42(31-40)65-57(79)44(20-16-25-63-61(62)83)67-58(80)51(35(3)4)68-47(74)24-28-86-29-27-72-48(75)22-23-49(72)76/h15,18-19,22-23,31,35-39,41,43-46,51-55,64,73H,13-14,16-17,20-21,24-30,32-34H2,1-12H3,(H,65,79)(H,66,78)(H,67,80)(H,68,74)(H,69,81)(H3,62,63,83). The maximum atomic E-state index is 14.5. The molecular formula is C61H99N11O14.